The number of ether oxygens (including phenoxy) is 1. The molecule has 1 heteroatoms. The molecule has 0 aliphatic heterocycles. The fourth-order valence-corrected chi connectivity index (χ4v) is 1.05. The van der Waals surface area contributed by atoms with Crippen LogP contribution in [0.3, 0.4) is 0 Å². The molecule has 0 N–H and O–H groups in total. The van der Waals surface area contributed by atoms with E-state index in [1.54, 1.807) is 14.2 Å². The second-order valence-electron chi connectivity index (χ2n) is 2.73. The fraction of sp³-hybridized carbons (Fsp3) is 0.333. The van der Waals surface area contributed by atoms with Crippen molar-refractivity contribution in [1.29, 1.82) is 0 Å². The van der Waals surface area contributed by atoms with E-state index in [-0.39, 0.29) is 0 Å². The van der Waals surface area contributed by atoms with Gasteiger partial charge in [0, 0.05) is 14.2 Å². The van der Waals surface area contributed by atoms with Gasteiger partial charge < -0.3 is 4.74 Å². The van der Waals surface area contributed by atoms with Crippen LogP contribution in [-0.2, 0) is 4.74 Å². The minimum Gasteiger partial charge on any atom is -0.388 e. The third-order valence-corrected chi connectivity index (χ3v) is 1.60. The largest absolute Gasteiger partial charge is 0.388 e. The Morgan fingerprint density at radius 3 is 1.88 bits per heavy atom. The molecular weight excluding hydrogens is 196 g/mol. The molecule has 0 bridgehead atoms. The van der Waals surface area contributed by atoms with Crippen LogP contribution in [0.15, 0.2) is 36.9 Å². The molecular formula is C15H24O. The molecule has 90 valence electrons. The van der Waals surface area contributed by atoms with Crippen molar-refractivity contribution >= 4 is 12.2 Å². The van der Waals surface area contributed by atoms with Crippen molar-refractivity contribution in [3.8, 4) is 0 Å². The molecule has 0 fully saturated rings. The van der Waals surface area contributed by atoms with E-state index in [0.717, 1.165) is 0 Å². The average molecular weight is 220 g/mol. The molecule has 0 spiro atoms. The Morgan fingerprint density at radius 2 is 1.50 bits per heavy atom. The van der Waals surface area contributed by atoms with Crippen LogP contribution in [0.2, 0.25) is 0 Å². The summed E-state index contributed by atoms with van der Waals surface area (Å²) in [6, 6.07) is 8.24. The van der Waals surface area contributed by atoms with Crippen LogP contribution in [0.4, 0.5) is 0 Å². The van der Waals surface area contributed by atoms with E-state index in [4.69, 9.17) is 0 Å². The highest BCUT2D eigenvalue weighted by atomic mass is 16.4. The molecule has 0 atom stereocenters. The van der Waals surface area contributed by atoms with Gasteiger partial charge in [-0.1, -0.05) is 62.9 Å². The highest BCUT2D eigenvalue weighted by Gasteiger charge is 1.78. The number of allylic oxidation sites excluding steroid dienone is 1. The molecule has 0 heterocycles. The summed E-state index contributed by atoms with van der Waals surface area (Å²) in [5, 5.41) is 2.48. The Morgan fingerprint density at radius 1 is 1.06 bits per heavy atom. The number of benzene rings is 1. The van der Waals surface area contributed by atoms with Gasteiger partial charge in [0.15, 0.2) is 0 Å². The maximum Gasteiger partial charge on any atom is 0.0351 e. The van der Waals surface area contributed by atoms with Gasteiger partial charge in [-0.3, -0.25) is 0 Å². The van der Waals surface area contributed by atoms with Crippen molar-refractivity contribution in [1.82, 2.24) is 0 Å². The lowest BCUT2D eigenvalue weighted by atomic mass is 10.2. The summed E-state index contributed by atoms with van der Waals surface area (Å²) in [5.74, 6) is 0. The molecule has 0 unspecified atom stereocenters. The second-order valence-corrected chi connectivity index (χ2v) is 2.73. The van der Waals surface area contributed by atoms with Crippen molar-refractivity contribution in [2.24, 2.45) is 0 Å². The lowest BCUT2D eigenvalue weighted by molar-refractivity contribution is 0.277. The molecule has 0 radical (unpaired) electrons. The SMILES string of the molecule is C=C/C=c1/cccc/c1=C/C.CC.COC. The van der Waals surface area contributed by atoms with Crippen LogP contribution >= 0.6 is 0 Å². The van der Waals surface area contributed by atoms with Crippen LogP contribution in [0.5, 0.6) is 0 Å². The first kappa shape index (κ1) is 17.1. The first-order valence-corrected chi connectivity index (χ1v) is 5.54. The van der Waals surface area contributed by atoms with Gasteiger partial charge in [0.05, 0.1) is 0 Å². The molecule has 0 aliphatic rings. The predicted octanol–water partition coefficient (Wildman–Crippen LogP) is 2.74. The summed E-state index contributed by atoms with van der Waals surface area (Å²) in [6.45, 7) is 9.70. The molecule has 0 saturated heterocycles. The van der Waals surface area contributed by atoms with Crippen LogP contribution in [-0.4, -0.2) is 14.2 Å². The third-order valence-electron chi connectivity index (χ3n) is 1.60. The lowest BCUT2D eigenvalue weighted by Gasteiger charge is -1.86. The number of rotatable bonds is 1. The van der Waals surface area contributed by atoms with Crippen LogP contribution in [0, 0.1) is 0 Å². The van der Waals surface area contributed by atoms with E-state index in [9.17, 15) is 0 Å². The molecule has 1 aromatic carbocycles. The maximum atomic E-state index is 4.25. The first-order chi connectivity index (χ1) is 7.79. The molecule has 1 aromatic rings. The number of hydrogen-bond acceptors (Lipinski definition) is 1. The quantitative estimate of drug-likeness (QED) is 0.707. The van der Waals surface area contributed by atoms with Crippen LogP contribution in [0.25, 0.3) is 12.2 Å². The van der Waals surface area contributed by atoms with E-state index >= 15 is 0 Å². The van der Waals surface area contributed by atoms with E-state index in [2.05, 4.69) is 29.5 Å². The first-order valence-electron chi connectivity index (χ1n) is 5.54. The smallest absolute Gasteiger partial charge is 0.0351 e. The monoisotopic (exact) mass is 220 g/mol. The highest BCUT2D eigenvalue weighted by molar-refractivity contribution is 5.37. The molecule has 0 saturated carbocycles. The Kier molecular flexibility index (Phi) is 14.6. The van der Waals surface area contributed by atoms with Gasteiger partial charge in [-0.15, -0.1) is 0 Å². The lowest BCUT2D eigenvalue weighted by Crippen LogP contribution is -2.22. The van der Waals surface area contributed by atoms with Gasteiger partial charge in [-0.2, -0.15) is 0 Å². The van der Waals surface area contributed by atoms with Gasteiger partial charge in [0.2, 0.25) is 0 Å². The van der Waals surface area contributed by atoms with E-state index in [1.807, 2.05) is 45.1 Å². The topological polar surface area (TPSA) is 9.23 Å². The third kappa shape index (κ3) is 8.01. The molecule has 0 aliphatic carbocycles. The minimum absolute atomic E-state index is 1.23. The predicted molar refractivity (Wildman–Crippen MR) is 74.8 cm³/mol. The van der Waals surface area contributed by atoms with Crippen LogP contribution in [0.1, 0.15) is 20.8 Å². The summed E-state index contributed by atoms with van der Waals surface area (Å²) in [4.78, 5) is 0. The van der Waals surface area contributed by atoms with Gasteiger partial charge >= 0.3 is 0 Å². The van der Waals surface area contributed by atoms with E-state index < -0.39 is 0 Å². The molecule has 0 amide bonds. The van der Waals surface area contributed by atoms with Gasteiger partial charge in [-0.05, 0) is 17.4 Å². The average Bonchev–Trinajstić information content (AvgIpc) is 2.34. The number of hydrogen-bond donors (Lipinski definition) is 0. The summed E-state index contributed by atoms with van der Waals surface area (Å²) < 4.78 is 4.25. The minimum atomic E-state index is 1.23. The second kappa shape index (κ2) is 13.7. The zero-order valence-electron chi connectivity index (χ0n) is 11.2. The van der Waals surface area contributed by atoms with Gasteiger partial charge in [0.25, 0.3) is 0 Å². The molecule has 1 nitrogen and oxygen atoms in total. The number of methoxy groups -OCH3 is 1. The Hall–Kier alpha value is -1.34. The van der Waals surface area contributed by atoms with E-state index in [1.165, 1.54) is 10.4 Å². The maximum absolute atomic E-state index is 4.25. The summed E-state index contributed by atoms with van der Waals surface area (Å²) >= 11 is 0. The Labute approximate surface area is 99.8 Å². The zero-order chi connectivity index (χ0) is 12.8. The summed E-state index contributed by atoms with van der Waals surface area (Å²) in [7, 11) is 3.25. The standard InChI is InChI=1S/C11H12.C2H6O.C2H6/c1-3-7-11-9-6-5-8-10(11)4-2;1-3-2;1-2/h3-9H,1H2,2H3;1-2H3;1-2H3/b10-4-,11-7-;;. The van der Waals surface area contributed by atoms with Crippen molar-refractivity contribution < 1.29 is 4.74 Å². The Balaban J connectivity index is 0. The van der Waals surface area contributed by atoms with Crippen molar-refractivity contribution in [3.05, 3.63) is 47.4 Å². The van der Waals surface area contributed by atoms with Crippen molar-refractivity contribution in [2.75, 3.05) is 14.2 Å². The fourth-order valence-electron chi connectivity index (χ4n) is 1.05. The highest BCUT2D eigenvalue weighted by Crippen LogP contribution is 1.72. The summed E-state index contributed by atoms with van der Waals surface area (Å²) in [5.41, 5.74) is 0. The van der Waals surface area contributed by atoms with Crippen molar-refractivity contribution in [3.63, 3.8) is 0 Å². The zero-order valence-corrected chi connectivity index (χ0v) is 11.2. The van der Waals surface area contributed by atoms with Gasteiger partial charge in [0.1, 0.15) is 0 Å². The van der Waals surface area contributed by atoms with E-state index in [0.29, 0.717) is 0 Å². The normalized spacial score (nSPS) is 10.8. The molecule has 16 heavy (non-hydrogen) atoms. The Bertz CT molecular complexity index is 363. The van der Waals surface area contributed by atoms with Gasteiger partial charge in [-0.25, -0.2) is 0 Å². The summed E-state index contributed by atoms with van der Waals surface area (Å²) in [6.07, 6.45) is 5.91. The van der Waals surface area contributed by atoms with Crippen molar-refractivity contribution in [2.45, 2.75) is 20.8 Å². The molecule has 0 aromatic heterocycles. The van der Waals surface area contributed by atoms with Crippen LogP contribution < -0.4 is 10.4 Å². The molecule has 1 rings (SSSR count).